The summed E-state index contributed by atoms with van der Waals surface area (Å²) < 4.78 is 0. The fourth-order valence-electron chi connectivity index (χ4n) is 5.19. The molecular weight excluding hydrogens is 250 g/mol. The number of nitrogens with one attached hydrogen (secondary N) is 1. The second kappa shape index (κ2) is 5.64. The van der Waals surface area contributed by atoms with Crippen LogP contribution in [0.1, 0.15) is 38.5 Å². The van der Waals surface area contributed by atoms with Crippen LogP contribution >= 0.6 is 0 Å². The van der Waals surface area contributed by atoms with Gasteiger partial charge in [0.1, 0.15) is 0 Å². The van der Waals surface area contributed by atoms with Crippen LogP contribution in [0.4, 0.5) is 0 Å². The predicted octanol–water partition coefficient (Wildman–Crippen LogP) is 0.196. The Balaban J connectivity index is 1.46. The van der Waals surface area contributed by atoms with Gasteiger partial charge in [0.15, 0.2) is 6.54 Å². The Morgan fingerprint density at radius 3 is 2.20 bits per heavy atom. The molecule has 20 heavy (non-hydrogen) atoms. The van der Waals surface area contributed by atoms with Crippen molar-refractivity contribution in [2.45, 2.75) is 44.1 Å². The highest BCUT2D eigenvalue weighted by Gasteiger charge is 2.51. The molecule has 0 aromatic carbocycles. The molecule has 4 nitrogen and oxygen atoms in total. The number of likely N-dealkylation sites (N-methyl/N-ethyl adjacent to an activating group) is 1. The standard InChI is InChI=1S/C16H29N3O/c1-19(2)4-3-17-11-15(20)18-16-8-12-5-13(9-16)7-14(6-12)10-16/h12-14,17H,3-11H2,1-2H3,(H,18,20)/p+1. The molecule has 0 heterocycles. The van der Waals surface area contributed by atoms with Gasteiger partial charge in [-0.2, -0.15) is 0 Å². The molecule has 4 rings (SSSR count). The summed E-state index contributed by atoms with van der Waals surface area (Å²) in [6.45, 7) is 2.63. The van der Waals surface area contributed by atoms with E-state index in [0.29, 0.717) is 6.54 Å². The van der Waals surface area contributed by atoms with E-state index in [0.717, 1.165) is 30.8 Å². The molecule has 4 bridgehead atoms. The van der Waals surface area contributed by atoms with Crippen LogP contribution in [0.3, 0.4) is 0 Å². The summed E-state index contributed by atoms with van der Waals surface area (Å²) in [5.74, 6) is 2.96. The molecule has 0 aromatic heterocycles. The van der Waals surface area contributed by atoms with Gasteiger partial charge in [0.05, 0.1) is 6.54 Å². The summed E-state index contributed by atoms with van der Waals surface area (Å²) in [6.07, 6.45) is 8.06. The number of quaternary nitrogens is 1. The first-order chi connectivity index (χ1) is 9.55. The number of nitrogens with two attached hydrogens (primary N) is 1. The maximum absolute atomic E-state index is 12.2. The van der Waals surface area contributed by atoms with E-state index in [1.165, 1.54) is 38.5 Å². The fourth-order valence-corrected chi connectivity index (χ4v) is 5.19. The number of carbonyl (C=O) groups excluding carboxylic acids is 1. The Labute approximate surface area is 122 Å². The minimum Gasteiger partial charge on any atom is -0.346 e. The van der Waals surface area contributed by atoms with Gasteiger partial charge < -0.3 is 15.5 Å². The highest BCUT2D eigenvalue weighted by atomic mass is 16.2. The zero-order valence-corrected chi connectivity index (χ0v) is 13.0. The number of nitrogens with zero attached hydrogens (tertiary/aromatic N) is 1. The minimum atomic E-state index is 0.182. The molecule has 1 amide bonds. The molecule has 4 saturated carbocycles. The lowest BCUT2D eigenvalue weighted by molar-refractivity contribution is -0.643. The van der Waals surface area contributed by atoms with Crippen molar-refractivity contribution in [3.63, 3.8) is 0 Å². The van der Waals surface area contributed by atoms with Crippen LogP contribution in [-0.4, -0.2) is 50.1 Å². The number of hydrogen-bond acceptors (Lipinski definition) is 2. The first kappa shape index (κ1) is 14.3. The van der Waals surface area contributed by atoms with Crippen molar-refractivity contribution in [3.05, 3.63) is 0 Å². The molecular formula is C16H30N3O+. The smallest absolute Gasteiger partial charge is 0.275 e. The largest absolute Gasteiger partial charge is 0.346 e. The Bertz CT molecular complexity index is 331. The Morgan fingerprint density at radius 2 is 1.70 bits per heavy atom. The van der Waals surface area contributed by atoms with Crippen LogP contribution in [0.25, 0.3) is 0 Å². The molecule has 0 aliphatic heterocycles. The maximum Gasteiger partial charge on any atom is 0.275 e. The zero-order valence-electron chi connectivity index (χ0n) is 13.0. The summed E-state index contributed by atoms with van der Waals surface area (Å²) in [4.78, 5) is 14.4. The summed E-state index contributed by atoms with van der Waals surface area (Å²) in [6, 6.07) is 0. The van der Waals surface area contributed by atoms with Crippen molar-refractivity contribution in [1.29, 1.82) is 0 Å². The van der Waals surface area contributed by atoms with E-state index < -0.39 is 0 Å². The molecule has 0 saturated heterocycles. The van der Waals surface area contributed by atoms with Crippen molar-refractivity contribution in [2.24, 2.45) is 17.8 Å². The first-order valence-corrected chi connectivity index (χ1v) is 8.32. The van der Waals surface area contributed by atoms with Crippen molar-refractivity contribution < 1.29 is 10.1 Å². The van der Waals surface area contributed by atoms with E-state index in [1.54, 1.807) is 0 Å². The van der Waals surface area contributed by atoms with Gasteiger partial charge >= 0.3 is 0 Å². The van der Waals surface area contributed by atoms with Gasteiger partial charge in [0.25, 0.3) is 5.91 Å². The fraction of sp³-hybridized carbons (Fsp3) is 0.938. The molecule has 0 spiro atoms. The lowest BCUT2D eigenvalue weighted by atomic mass is 9.53. The quantitative estimate of drug-likeness (QED) is 0.683. The van der Waals surface area contributed by atoms with E-state index >= 15 is 0 Å². The number of hydrogen-bond donors (Lipinski definition) is 2. The Kier molecular flexibility index (Phi) is 4.04. The van der Waals surface area contributed by atoms with Gasteiger partial charge in [-0.05, 0) is 70.4 Å². The third kappa shape index (κ3) is 3.17. The number of carbonyl (C=O) groups is 1. The normalized spacial score (nSPS) is 38.5. The highest BCUT2D eigenvalue weighted by molar-refractivity contribution is 5.77. The molecule has 4 aliphatic rings. The second-order valence-corrected chi connectivity index (χ2v) is 7.83. The lowest BCUT2D eigenvalue weighted by Crippen LogP contribution is -2.88. The molecule has 0 atom stereocenters. The molecule has 4 heteroatoms. The Morgan fingerprint density at radius 1 is 1.15 bits per heavy atom. The molecule has 114 valence electrons. The van der Waals surface area contributed by atoms with Gasteiger partial charge in [0, 0.05) is 12.1 Å². The monoisotopic (exact) mass is 280 g/mol. The third-order valence-electron chi connectivity index (χ3n) is 5.55. The maximum atomic E-state index is 12.2. The molecule has 0 unspecified atom stereocenters. The van der Waals surface area contributed by atoms with E-state index in [9.17, 15) is 4.79 Å². The van der Waals surface area contributed by atoms with Crippen molar-refractivity contribution in [3.8, 4) is 0 Å². The minimum absolute atomic E-state index is 0.182. The topological polar surface area (TPSA) is 49.0 Å². The summed E-state index contributed by atoms with van der Waals surface area (Å²) >= 11 is 0. The molecule has 3 N–H and O–H groups in total. The van der Waals surface area contributed by atoms with E-state index in [1.807, 2.05) is 0 Å². The average Bonchev–Trinajstić information content (AvgIpc) is 2.32. The Hall–Kier alpha value is -0.610. The molecule has 0 radical (unpaired) electrons. The van der Waals surface area contributed by atoms with Gasteiger partial charge in [-0.1, -0.05) is 0 Å². The molecule has 4 fully saturated rings. The van der Waals surface area contributed by atoms with Crippen LogP contribution in [0, 0.1) is 17.8 Å². The van der Waals surface area contributed by atoms with Crippen molar-refractivity contribution >= 4 is 5.91 Å². The van der Waals surface area contributed by atoms with Crippen LogP contribution in [0.15, 0.2) is 0 Å². The van der Waals surface area contributed by atoms with Crippen molar-refractivity contribution in [1.82, 2.24) is 10.2 Å². The lowest BCUT2D eigenvalue weighted by Gasteiger charge is -2.56. The zero-order chi connectivity index (χ0) is 14.2. The van der Waals surface area contributed by atoms with Gasteiger partial charge in [-0.25, -0.2) is 0 Å². The van der Waals surface area contributed by atoms with E-state index in [2.05, 4.69) is 29.6 Å². The number of rotatable bonds is 6. The molecule has 4 aliphatic carbocycles. The molecule has 0 aromatic rings. The van der Waals surface area contributed by atoms with Crippen LogP contribution < -0.4 is 10.6 Å². The third-order valence-corrected chi connectivity index (χ3v) is 5.55. The van der Waals surface area contributed by atoms with Crippen LogP contribution in [-0.2, 0) is 4.79 Å². The number of amides is 1. The van der Waals surface area contributed by atoms with Gasteiger partial charge in [-0.15, -0.1) is 0 Å². The first-order valence-electron chi connectivity index (χ1n) is 8.32. The summed E-state index contributed by atoms with van der Waals surface area (Å²) in [7, 11) is 4.15. The van der Waals surface area contributed by atoms with E-state index in [4.69, 9.17) is 0 Å². The predicted molar refractivity (Wildman–Crippen MR) is 79.3 cm³/mol. The summed E-state index contributed by atoms with van der Waals surface area (Å²) in [5, 5.41) is 5.56. The van der Waals surface area contributed by atoms with Crippen molar-refractivity contribution in [2.75, 3.05) is 33.7 Å². The van der Waals surface area contributed by atoms with Crippen LogP contribution in [0.2, 0.25) is 0 Å². The van der Waals surface area contributed by atoms with E-state index in [-0.39, 0.29) is 11.4 Å². The van der Waals surface area contributed by atoms with Gasteiger partial charge in [0.2, 0.25) is 0 Å². The highest BCUT2D eigenvalue weighted by Crippen LogP contribution is 2.55. The van der Waals surface area contributed by atoms with Crippen LogP contribution in [0.5, 0.6) is 0 Å². The SMILES string of the molecule is CN(C)CC[NH2+]CC(=O)NC12CC3CC(CC(C3)C1)C2. The van der Waals surface area contributed by atoms with Gasteiger partial charge in [-0.3, -0.25) is 4.79 Å². The average molecular weight is 280 g/mol. The second-order valence-electron chi connectivity index (χ2n) is 7.83. The summed E-state index contributed by atoms with van der Waals surface area (Å²) in [5.41, 5.74) is 0.182.